The zero-order chi connectivity index (χ0) is 22.1. The third kappa shape index (κ3) is 3.97. The first kappa shape index (κ1) is 22.9. The number of allylic oxidation sites excluding steroid dienone is 1. The lowest BCUT2D eigenvalue weighted by molar-refractivity contribution is -0.0812. The molecule has 3 aliphatic rings. The Morgan fingerprint density at radius 2 is 1.94 bits per heavy atom. The van der Waals surface area contributed by atoms with Crippen LogP contribution < -0.4 is 5.32 Å². The minimum Gasteiger partial charge on any atom is -0.508 e. The summed E-state index contributed by atoms with van der Waals surface area (Å²) in [4.78, 5) is 0. The molecule has 3 heteroatoms. The van der Waals surface area contributed by atoms with Gasteiger partial charge in [-0.15, -0.1) is 6.58 Å². The van der Waals surface area contributed by atoms with Crippen molar-refractivity contribution in [2.75, 3.05) is 13.6 Å². The van der Waals surface area contributed by atoms with Crippen molar-refractivity contribution in [3.05, 3.63) is 42.0 Å². The largest absolute Gasteiger partial charge is 0.508 e. The van der Waals surface area contributed by atoms with Gasteiger partial charge in [-0.05, 0) is 110 Å². The Morgan fingerprint density at radius 1 is 1.16 bits per heavy atom. The van der Waals surface area contributed by atoms with Crippen molar-refractivity contribution >= 4 is 0 Å². The number of rotatable bonds is 9. The minimum atomic E-state index is -0.180. The highest BCUT2D eigenvalue weighted by molar-refractivity contribution is 5.43. The van der Waals surface area contributed by atoms with Crippen molar-refractivity contribution in [2.45, 2.75) is 89.6 Å². The molecular weight excluding hydrogens is 382 g/mol. The lowest BCUT2D eigenvalue weighted by atomic mass is 9.44. The molecule has 0 saturated heterocycles. The fourth-order valence-electron chi connectivity index (χ4n) is 7.93. The Balaban J connectivity index is 1.60. The molecular formula is C28H43NO2. The molecule has 2 fully saturated rings. The molecule has 1 aromatic rings. The second-order valence-corrected chi connectivity index (χ2v) is 11.0. The van der Waals surface area contributed by atoms with Gasteiger partial charge in [0.05, 0.1) is 6.10 Å². The third-order valence-corrected chi connectivity index (χ3v) is 9.36. The number of hydrogen-bond acceptors (Lipinski definition) is 3. The van der Waals surface area contributed by atoms with Gasteiger partial charge in [-0.3, -0.25) is 0 Å². The van der Waals surface area contributed by atoms with Crippen molar-refractivity contribution in [1.82, 2.24) is 5.32 Å². The van der Waals surface area contributed by atoms with Crippen LogP contribution in [0.3, 0.4) is 0 Å². The van der Waals surface area contributed by atoms with Crippen LogP contribution in [0, 0.1) is 22.7 Å². The molecule has 3 aliphatic carbocycles. The maximum Gasteiger partial charge on any atom is 0.115 e. The van der Waals surface area contributed by atoms with E-state index in [0.717, 1.165) is 38.6 Å². The van der Waals surface area contributed by atoms with E-state index in [4.69, 9.17) is 0 Å². The second kappa shape index (κ2) is 9.27. The third-order valence-electron chi connectivity index (χ3n) is 9.36. The summed E-state index contributed by atoms with van der Waals surface area (Å²) >= 11 is 0. The summed E-state index contributed by atoms with van der Waals surface area (Å²) in [7, 11) is 2.03. The Kier molecular flexibility index (Phi) is 6.84. The van der Waals surface area contributed by atoms with E-state index in [2.05, 4.69) is 31.0 Å². The molecule has 3 N–H and O–H groups in total. The SMILES string of the molecule is C=C[C@@]12CCc3cc(O)ccc3[C@H]1[C@@H](CCCCCCCNC)C[C@@]1(C)[C@H]2CC[C@@H]1O. The molecule has 1 aromatic carbocycles. The molecule has 0 heterocycles. The van der Waals surface area contributed by atoms with Crippen LogP contribution in [0.15, 0.2) is 30.9 Å². The number of nitrogens with one attached hydrogen (secondary N) is 1. The molecule has 0 aromatic heterocycles. The molecule has 3 nitrogen and oxygen atoms in total. The Labute approximate surface area is 189 Å². The van der Waals surface area contributed by atoms with Crippen molar-refractivity contribution < 1.29 is 10.2 Å². The number of phenols is 1. The van der Waals surface area contributed by atoms with E-state index < -0.39 is 0 Å². The summed E-state index contributed by atoms with van der Waals surface area (Å²) in [6.07, 6.45) is 15.1. The zero-order valence-corrected chi connectivity index (χ0v) is 19.7. The summed E-state index contributed by atoms with van der Waals surface area (Å²) in [6.45, 7) is 7.89. The van der Waals surface area contributed by atoms with Crippen molar-refractivity contribution in [3.63, 3.8) is 0 Å². The van der Waals surface area contributed by atoms with Gasteiger partial charge in [0.25, 0.3) is 0 Å². The summed E-state index contributed by atoms with van der Waals surface area (Å²) in [5, 5.41) is 24.4. The van der Waals surface area contributed by atoms with Crippen LogP contribution in [-0.2, 0) is 6.42 Å². The summed E-state index contributed by atoms with van der Waals surface area (Å²) in [5.41, 5.74) is 2.87. The van der Waals surface area contributed by atoms with Crippen LogP contribution in [-0.4, -0.2) is 29.9 Å². The smallest absolute Gasteiger partial charge is 0.115 e. The highest BCUT2D eigenvalue weighted by Gasteiger charge is 2.63. The van der Waals surface area contributed by atoms with Crippen LogP contribution in [0.25, 0.3) is 0 Å². The molecule has 0 aliphatic heterocycles. The molecule has 31 heavy (non-hydrogen) atoms. The van der Waals surface area contributed by atoms with Gasteiger partial charge in [-0.25, -0.2) is 0 Å². The van der Waals surface area contributed by atoms with Crippen molar-refractivity contribution in [2.24, 2.45) is 22.7 Å². The number of fused-ring (bicyclic) bond motifs is 5. The molecule has 0 bridgehead atoms. The fourth-order valence-corrected chi connectivity index (χ4v) is 7.93. The fraction of sp³-hybridized carbons (Fsp3) is 0.714. The zero-order valence-electron chi connectivity index (χ0n) is 19.7. The van der Waals surface area contributed by atoms with E-state index in [9.17, 15) is 10.2 Å². The standard InChI is InChI=1S/C28H43NO2/c1-4-28-16-15-20-18-22(30)11-12-23(20)26(28)21(10-8-6-5-7-9-17-29-3)19-27(2)24(28)13-14-25(27)31/h4,11-12,18,21,24-26,29-31H,1,5-10,13-17,19H2,2-3H3/t21-,24+,25-,26+,27-,28-/m0/s1. The number of hydrogen-bond donors (Lipinski definition) is 3. The highest BCUT2D eigenvalue weighted by Crippen LogP contribution is 2.69. The van der Waals surface area contributed by atoms with Gasteiger partial charge in [0.15, 0.2) is 0 Å². The first-order valence-electron chi connectivity index (χ1n) is 12.7. The molecule has 0 spiro atoms. The summed E-state index contributed by atoms with van der Waals surface area (Å²) in [5.74, 6) is 1.95. The predicted molar refractivity (Wildman–Crippen MR) is 128 cm³/mol. The number of aromatic hydroxyl groups is 1. The molecule has 6 atom stereocenters. The summed E-state index contributed by atoms with van der Waals surface area (Å²) < 4.78 is 0. The van der Waals surface area contributed by atoms with E-state index in [1.165, 1.54) is 49.7 Å². The van der Waals surface area contributed by atoms with E-state index >= 15 is 0 Å². The van der Waals surface area contributed by atoms with Crippen LogP contribution in [0.5, 0.6) is 5.75 Å². The Morgan fingerprint density at radius 3 is 2.71 bits per heavy atom. The monoisotopic (exact) mass is 425 g/mol. The van der Waals surface area contributed by atoms with Gasteiger partial charge in [0, 0.05) is 0 Å². The van der Waals surface area contributed by atoms with E-state index in [0.29, 0.717) is 23.5 Å². The predicted octanol–water partition coefficient (Wildman–Crippen LogP) is 5.95. The number of aryl methyl sites for hydroxylation is 1. The molecule has 172 valence electrons. The average Bonchev–Trinajstić information content (AvgIpc) is 3.07. The topological polar surface area (TPSA) is 52.5 Å². The number of phenolic OH excluding ortho intramolecular Hbond substituents is 1. The molecule has 0 unspecified atom stereocenters. The van der Waals surface area contributed by atoms with Gasteiger partial charge in [-0.1, -0.05) is 44.7 Å². The summed E-state index contributed by atoms with van der Waals surface area (Å²) in [6, 6.07) is 6.08. The van der Waals surface area contributed by atoms with E-state index in [1.807, 2.05) is 19.2 Å². The lowest BCUT2D eigenvalue weighted by Gasteiger charge is -2.60. The van der Waals surface area contributed by atoms with Gasteiger partial charge >= 0.3 is 0 Å². The highest BCUT2D eigenvalue weighted by atomic mass is 16.3. The van der Waals surface area contributed by atoms with Gasteiger partial charge in [0.2, 0.25) is 0 Å². The van der Waals surface area contributed by atoms with Crippen LogP contribution in [0.4, 0.5) is 0 Å². The molecule has 0 amide bonds. The van der Waals surface area contributed by atoms with E-state index in [1.54, 1.807) is 0 Å². The first-order valence-corrected chi connectivity index (χ1v) is 12.7. The number of benzene rings is 1. The van der Waals surface area contributed by atoms with Gasteiger partial charge in [0.1, 0.15) is 5.75 Å². The second-order valence-electron chi connectivity index (χ2n) is 11.0. The van der Waals surface area contributed by atoms with Crippen molar-refractivity contribution in [3.8, 4) is 5.75 Å². The first-order chi connectivity index (χ1) is 15.0. The minimum absolute atomic E-state index is 0.0105. The maximum atomic E-state index is 11.1. The Bertz CT molecular complexity index is 776. The molecule has 4 rings (SSSR count). The van der Waals surface area contributed by atoms with Crippen molar-refractivity contribution in [1.29, 1.82) is 0 Å². The molecule has 0 radical (unpaired) electrons. The van der Waals surface area contributed by atoms with Gasteiger partial charge < -0.3 is 15.5 Å². The number of aliphatic hydroxyl groups excluding tert-OH is 1. The molecule has 2 saturated carbocycles. The average molecular weight is 426 g/mol. The normalized spacial score (nSPS) is 36.5. The van der Waals surface area contributed by atoms with Gasteiger partial charge in [-0.2, -0.15) is 0 Å². The maximum absolute atomic E-state index is 11.1. The van der Waals surface area contributed by atoms with Crippen LogP contribution in [0.2, 0.25) is 0 Å². The lowest BCUT2D eigenvalue weighted by Crippen LogP contribution is -2.54. The quantitative estimate of drug-likeness (QED) is 0.338. The van der Waals surface area contributed by atoms with E-state index in [-0.39, 0.29) is 16.9 Å². The Hall–Kier alpha value is -1.32. The van der Waals surface area contributed by atoms with Crippen LogP contribution in [0.1, 0.15) is 88.2 Å². The van der Waals surface area contributed by atoms with Crippen LogP contribution >= 0.6 is 0 Å². The number of aliphatic hydroxyl groups is 1. The number of unbranched alkanes of at least 4 members (excludes halogenated alkanes) is 4.